The van der Waals surface area contributed by atoms with Gasteiger partial charge < -0.3 is 4.74 Å². The molecule has 12 heavy (non-hydrogen) atoms. The third-order valence-electron chi connectivity index (χ3n) is 2.02. The molecule has 66 valence electrons. The fourth-order valence-corrected chi connectivity index (χ4v) is 1.40. The lowest BCUT2D eigenvalue weighted by Crippen LogP contribution is -2.18. The van der Waals surface area contributed by atoms with Crippen LogP contribution in [0.1, 0.15) is 25.5 Å². The van der Waals surface area contributed by atoms with Crippen LogP contribution in [0, 0.1) is 5.82 Å². The molecule has 0 aliphatic carbocycles. The third kappa shape index (κ3) is 1.48. The van der Waals surface area contributed by atoms with Crippen LogP contribution in [0.15, 0.2) is 12.4 Å². The minimum absolute atomic E-state index is 0.0525. The monoisotopic (exact) mass is 170 g/mol. The molecule has 0 aromatic carbocycles. The Bertz CT molecular complexity index is 255. The molecule has 0 amide bonds. The van der Waals surface area contributed by atoms with Crippen LogP contribution in [-0.4, -0.2) is 16.4 Å². The molecular formula is C8H11FN2O. The van der Waals surface area contributed by atoms with E-state index in [4.69, 9.17) is 4.74 Å². The van der Waals surface area contributed by atoms with Crippen LogP contribution in [0.2, 0.25) is 0 Å². The van der Waals surface area contributed by atoms with Crippen molar-refractivity contribution in [2.75, 3.05) is 6.61 Å². The van der Waals surface area contributed by atoms with E-state index in [9.17, 15) is 4.39 Å². The third-order valence-corrected chi connectivity index (χ3v) is 2.02. The highest BCUT2D eigenvalue weighted by atomic mass is 19.1. The van der Waals surface area contributed by atoms with Crippen LogP contribution in [-0.2, 0) is 4.74 Å². The fraction of sp³-hybridized carbons (Fsp3) is 0.625. The Kier molecular flexibility index (Phi) is 2.08. The van der Waals surface area contributed by atoms with Crippen molar-refractivity contribution in [2.45, 2.75) is 25.5 Å². The summed E-state index contributed by atoms with van der Waals surface area (Å²) in [5.41, 5.74) is 0. The van der Waals surface area contributed by atoms with Gasteiger partial charge in [-0.05, 0) is 19.3 Å². The van der Waals surface area contributed by atoms with E-state index in [1.54, 1.807) is 4.68 Å². The number of aromatic nitrogens is 2. The van der Waals surface area contributed by atoms with Gasteiger partial charge in [0.15, 0.2) is 5.82 Å². The maximum atomic E-state index is 12.5. The zero-order valence-corrected chi connectivity index (χ0v) is 6.74. The molecule has 1 saturated heterocycles. The average molecular weight is 170 g/mol. The van der Waals surface area contributed by atoms with Crippen molar-refractivity contribution >= 4 is 0 Å². The molecule has 1 aliphatic heterocycles. The fourth-order valence-electron chi connectivity index (χ4n) is 1.40. The first kappa shape index (κ1) is 7.73. The van der Waals surface area contributed by atoms with Crippen molar-refractivity contribution in [1.29, 1.82) is 0 Å². The summed E-state index contributed by atoms with van der Waals surface area (Å²) < 4.78 is 19.5. The Labute approximate surface area is 70.1 Å². The summed E-state index contributed by atoms with van der Waals surface area (Å²) in [4.78, 5) is 0. The molecule has 3 nitrogen and oxygen atoms in total. The van der Waals surface area contributed by atoms with Crippen LogP contribution in [0.3, 0.4) is 0 Å². The second kappa shape index (κ2) is 3.23. The SMILES string of the molecule is Fc1cnn(C2CCCCO2)c1. The van der Waals surface area contributed by atoms with E-state index in [0.29, 0.717) is 0 Å². The van der Waals surface area contributed by atoms with E-state index in [1.807, 2.05) is 0 Å². The summed E-state index contributed by atoms with van der Waals surface area (Å²) in [6.07, 6.45) is 5.69. The number of hydrogen-bond acceptors (Lipinski definition) is 2. The largest absolute Gasteiger partial charge is 0.357 e. The Morgan fingerprint density at radius 3 is 3.08 bits per heavy atom. The molecule has 1 aromatic rings. The van der Waals surface area contributed by atoms with Gasteiger partial charge in [-0.25, -0.2) is 9.07 Å². The molecule has 1 aliphatic rings. The predicted octanol–water partition coefficient (Wildman–Crippen LogP) is 1.72. The van der Waals surface area contributed by atoms with Crippen LogP contribution in [0.4, 0.5) is 4.39 Å². The van der Waals surface area contributed by atoms with Crippen molar-refractivity contribution < 1.29 is 9.13 Å². The molecule has 0 radical (unpaired) electrons. The first-order valence-electron chi connectivity index (χ1n) is 4.17. The topological polar surface area (TPSA) is 27.1 Å². The highest BCUT2D eigenvalue weighted by Gasteiger charge is 2.16. The molecule has 0 N–H and O–H groups in total. The van der Waals surface area contributed by atoms with E-state index >= 15 is 0 Å². The quantitative estimate of drug-likeness (QED) is 0.641. The lowest BCUT2D eigenvalue weighted by atomic mass is 10.2. The van der Waals surface area contributed by atoms with E-state index < -0.39 is 0 Å². The molecule has 2 rings (SSSR count). The molecule has 1 atom stereocenters. The zero-order valence-electron chi connectivity index (χ0n) is 6.74. The van der Waals surface area contributed by atoms with E-state index in [2.05, 4.69) is 5.10 Å². The zero-order chi connectivity index (χ0) is 8.39. The Morgan fingerprint density at radius 2 is 2.50 bits per heavy atom. The molecular weight excluding hydrogens is 159 g/mol. The lowest BCUT2D eigenvalue weighted by Gasteiger charge is -2.22. The van der Waals surface area contributed by atoms with E-state index in [0.717, 1.165) is 25.9 Å². The summed E-state index contributed by atoms with van der Waals surface area (Å²) >= 11 is 0. The van der Waals surface area contributed by atoms with Crippen LogP contribution >= 0.6 is 0 Å². The van der Waals surface area contributed by atoms with Crippen molar-refractivity contribution in [3.05, 3.63) is 18.2 Å². The number of halogens is 1. The normalized spacial score (nSPS) is 24.2. The molecule has 4 heteroatoms. The van der Waals surface area contributed by atoms with Gasteiger partial charge in [0.05, 0.1) is 12.4 Å². The van der Waals surface area contributed by atoms with Gasteiger partial charge in [-0.3, -0.25) is 0 Å². The minimum atomic E-state index is -0.302. The number of hydrogen-bond donors (Lipinski definition) is 0. The second-order valence-electron chi connectivity index (χ2n) is 2.96. The van der Waals surface area contributed by atoms with Gasteiger partial charge in [0.25, 0.3) is 0 Å². The van der Waals surface area contributed by atoms with E-state index in [1.165, 1.54) is 12.4 Å². The lowest BCUT2D eigenvalue weighted by molar-refractivity contribution is -0.0396. The average Bonchev–Trinajstić information content (AvgIpc) is 2.54. The first-order valence-corrected chi connectivity index (χ1v) is 4.17. The number of rotatable bonds is 1. The van der Waals surface area contributed by atoms with Crippen molar-refractivity contribution in [1.82, 2.24) is 9.78 Å². The smallest absolute Gasteiger partial charge is 0.161 e. The van der Waals surface area contributed by atoms with Gasteiger partial charge in [-0.1, -0.05) is 0 Å². The van der Waals surface area contributed by atoms with Gasteiger partial charge >= 0.3 is 0 Å². The van der Waals surface area contributed by atoms with Crippen molar-refractivity contribution in [2.24, 2.45) is 0 Å². The van der Waals surface area contributed by atoms with Gasteiger partial charge in [-0.15, -0.1) is 0 Å². The Morgan fingerprint density at radius 1 is 1.58 bits per heavy atom. The first-order chi connectivity index (χ1) is 5.86. The van der Waals surface area contributed by atoms with Crippen LogP contribution < -0.4 is 0 Å². The molecule has 1 unspecified atom stereocenters. The standard InChI is InChI=1S/C8H11FN2O/c9-7-5-10-11(6-7)8-3-1-2-4-12-8/h5-6,8H,1-4H2. The summed E-state index contributed by atoms with van der Waals surface area (Å²) in [7, 11) is 0. The molecule has 0 spiro atoms. The highest BCUT2D eigenvalue weighted by molar-refractivity contribution is 4.85. The minimum Gasteiger partial charge on any atom is -0.357 e. The highest BCUT2D eigenvalue weighted by Crippen LogP contribution is 2.21. The second-order valence-corrected chi connectivity index (χ2v) is 2.96. The van der Waals surface area contributed by atoms with Gasteiger partial charge in [-0.2, -0.15) is 5.10 Å². The number of nitrogens with zero attached hydrogens (tertiary/aromatic N) is 2. The van der Waals surface area contributed by atoms with Gasteiger partial charge in [0.2, 0.25) is 0 Å². The summed E-state index contributed by atoms with van der Waals surface area (Å²) in [5.74, 6) is -0.302. The molecule has 2 heterocycles. The van der Waals surface area contributed by atoms with Crippen molar-refractivity contribution in [3.8, 4) is 0 Å². The van der Waals surface area contributed by atoms with Crippen LogP contribution in [0.25, 0.3) is 0 Å². The van der Waals surface area contributed by atoms with Crippen LogP contribution in [0.5, 0.6) is 0 Å². The molecule has 1 aromatic heterocycles. The molecule has 1 fully saturated rings. The van der Waals surface area contributed by atoms with Gasteiger partial charge in [0, 0.05) is 6.61 Å². The van der Waals surface area contributed by atoms with Crippen molar-refractivity contribution in [3.63, 3.8) is 0 Å². The maximum Gasteiger partial charge on any atom is 0.161 e. The van der Waals surface area contributed by atoms with E-state index in [-0.39, 0.29) is 12.0 Å². The number of ether oxygens (including phenoxy) is 1. The Hall–Kier alpha value is -0.900. The Balaban J connectivity index is 2.08. The predicted molar refractivity (Wildman–Crippen MR) is 41.0 cm³/mol. The summed E-state index contributed by atoms with van der Waals surface area (Å²) in [5, 5.41) is 3.86. The molecule has 0 bridgehead atoms. The maximum absolute atomic E-state index is 12.5. The summed E-state index contributed by atoms with van der Waals surface area (Å²) in [6.45, 7) is 0.756. The van der Waals surface area contributed by atoms with Gasteiger partial charge in [0.1, 0.15) is 6.23 Å². The molecule has 0 saturated carbocycles. The summed E-state index contributed by atoms with van der Waals surface area (Å²) in [6, 6.07) is 0.